The second-order valence-corrected chi connectivity index (χ2v) is 6.53. The fourth-order valence-electron chi connectivity index (χ4n) is 3.66. The molecule has 0 spiro atoms. The molecule has 0 amide bonds. The van der Waals surface area contributed by atoms with Crippen molar-refractivity contribution in [3.8, 4) is 0 Å². The van der Waals surface area contributed by atoms with E-state index in [1.54, 1.807) is 6.08 Å². The van der Waals surface area contributed by atoms with E-state index in [1.165, 1.54) is 77.0 Å². The summed E-state index contributed by atoms with van der Waals surface area (Å²) in [5.41, 5.74) is 0. The van der Waals surface area contributed by atoms with E-state index < -0.39 is 0 Å². The van der Waals surface area contributed by atoms with Gasteiger partial charge in [-0.1, -0.05) is 89.4 Å². The van der Waals surface area contributed by atoms with E-state index in [9.17, 15) is 4.79 Å². The predicted molar refractivity (Wildman–Crippen MR) is 92.4 cm³/mol. The number of hydrogen-bond donors (Lipinski definition) is 0. The van der Waals surface area contributed by atoms with Crippen LogP contribution >= 0.6 is 0 Å². The average molecular weight is 290 g/mol. The highest BCUT2D eigenvalue weighted by molar-refractivity contribution is 5.65. The molecule has 0 aromatic rings. The van der Waals surface area contributed by atoms with Crippen LogP contribution in [0.2, 0.25) is 0 Å². The largest absolute Gasteiger partial charge is 0.299 e. The molecule has 1 nitrogen and oxygen atoms in total. The van der Waals surface area contributed by atoms with Crippen LogP contribution in [0.25, 0.3) is 0 Å². The van der Waals surface area contributed by atoms with Gasteiger partial charge in [0.2, 0.25) is 0 Å². The lowest BCUT2D eigenvalue weighted by Gasteiger charge is -2.18. The number of rotatable bonds is 12. The second kappa shape index (κ2) is 12.9. The van der Waals surface area contributed by atoms with Crippen molar-refractivity contribution in [1.29, 1.82) is 0 Å². The first-order valence-corrected chi connectivity index (χ1v) is 9.15. The Labute approximate surface area is 131 Å². The molecule has 0 saturated heterocycles. The summed E-state index contributed by atoms with van der Waals surface area (Å²) >= 11 is 0. The molecule has 0 aromatic carbocycles. The number of aldehydes is 1. The molecular weight excluding hydrogens is 256 g/mol. The smallest absolute Gasteiger partial charge is 0.142 e. The fourth-order valence-corrected chi connectivity index (χ4v) is 3.66. The SMILES string of the molecule is CCCCCCCC[C@H]1CCC[C@@H]1CCC=CC=CC=O. The molecule has 0 aliphatic heterocycles. The number of carbonyl (C=O) groups excluding carboxylic acids is 1. The maximum atomic E-state index is 10.2. The van der Waals surface area contributed by atoms with Crippen LogP contribution in [0.15, 0.2) is 24.3 Å². The minimum atomic E-state index is 0.831. The van der Waals surface area contributed by atoms with Crippen LogP contribution in [0.4, 0.5) is 0 Å². The maximum absolute atomic E-state index is 10.2. The lowest BCUT2D eigenvalue weighted by molar-refractivity contribution is -0.104. The number of allylic oxidation sites excluding steroid dienone is 4. The monoisotopic (exact) mass is 290 g/mol. The molecule has 21 heavy (non-hydrogen) atoms. The summed E-state index contributed by atoms with van der Waals surface area (Å²) in [6.45, 7) is 2.28. The summed E-state index contributed by atoms with van der Waals surface area (Å²) in [5.74, 6) is 1.95. The topological polar surface area (TPSA) is 17.1 Å². The highest BCUT2D eigenvalue weighted by Gasteiger charge is 2.25. The van der Waals surface area contributed by atoms with E-state index in [2.05, 4.69) is 13.0 Å². The van der Waals surface area contributed by atoms with E-state index in [-0.39, 0.29) is 0 Å². The number of hydrogen-bond acceptors (Lipinski definition) is 1. The summed E-state index contributed by atoms with van der Waals surface area (Å²) in [6.07, 6.45) is 25.3. The van der Waals surface area contributed by atoms with Crippen molar-refractivity contribution >= 4 is 6.29 Å². The Morgan fingerprint density at radius 3 is 2.33 bits per heavy atom. The van der Waals surface area contributed by atoms with Crippen LogP contribution < -0.4 is 0 Å². The van der Waals surface area contributed by atoms with Crippen LogP contribution in [0.3, 0.4) is 0 Å². The molecule has 2 atom stereocenters. The van der Waals surface area contributed by atoms with Gasteiger partial charge < -0.3 is 0 Å². The Hall–Kier alpha value is -0.850. The first-order valence-electron chi connectivity index (χ1n) is 9.15. The molecule has 0 radical (unpaired) electrons. The van der Waals surface area contributed by atoms with Crippen molar-refractivity contribution in [2.75, 3.05) is 0 Å². The van der Waals surface area contributed by atoms with E-state index in [4.69, 9.17) is 0 Å². The van der Waals surface area contributed by atoms with Crippen molar-refractivity contribution < 1.29 is 4.79 Å². The Kier molecular flexibility index (Phi) is 11.1. The first kappa shape index (κ1) is 18.2. The molecule has 1 fully saturated rings. The van der Waals surface area contributed by atoms with Gasteiger partial charge in [-0.05, 0) is 30.8 Å². The zero-order valence-corrected chi connectivity index (χ0v) is 13.9. The average Bonchev–Trinajstić information content (AvgIpc) is 2.94. The number of carbonyl (C=O) groups is 1. The normalized spacial score (nSPS) is 22.5. The molecule has 1 heteroatoms. The fraction of sp³-hybridized carbons (Fsp3) is 0.750. The van der Waals surface area contributed by atoms with Gasteiger partial charge in [-0.3, -0.25) is 4.79 Å². The molecule has 1 aliphatic rings. The Morgan fingerprint density at radius 1 is 0.857 bits per heavy atom. The van der Waals surface area contributed by atoms with Gasteiger partial charge in [0.05, 0.1) is 0 Å². The van der Waals surface area contributed by atoms with Crippen LogP contribution in [0.1, 0.15) is 84.0 Å². The summed E-state index contributed by atoms with van der Waals surface area (Å²) < 4.78 is 0. The molecule has 0 N–H and O–H groups in total. The molecule has 0 bridgehead atoms. The van der Waals surface area contributed by atoms with Crippen LogP contribution in [0, 0.1) is 11.8 Å². The molecular formula is C20H34O. The summed E-state index contributed by atoms with van der Waals surface area (Å²) in [5, 5.41) is 0. The van der Waals surface area contributed by atoms with Crippen molar-refractivity contribution in [3.63, 3.8) is 0 Å². The van der Waals surface area contributed by atoms with Crippen LogP contribution in [-0.2, 0) is 4.79 Å². The van der Waals surface area contributed by atoms with Gasteiger partial charge in [-0.25, -0.2) is 0 Å². The number of unbranched alkanes of at least 4 members (excludes halogenated alkanes) is 5. The van der Waals surface area contributed by atoms with Crippen LogP contribution in [-0.4, -0.2) is 6.29 Å². The Bertz CT molecular complexity index is 303. The van der Waals surface area contributed by atoms with Crippen molar-refractivity contribution in [1.82, 2.24) is 0 Å². The molecule has 0 unspecified atom stereocenters. The van der Waals surface area contributed by atoms with Gasteiger partial charge in [0.15, 0.2) is 0 Å². The zero-order chi connectivity index (χ0) is 15.2. The molecule has 1 saturated carbocycles. The lowest BCUT2D eigenvalue weighted by atomic mass is 9.87. The van der Waals surface area contributed by atoms with Gasteiger partial charge in [-0.2, -0.15) is 0 Å². The van der Waals surface area contributed by atoms with E-state index in [1.807, 2.05) is 12.2 Å². The third-order valence-corrected chi connectivity index (χ3v) is 4.89. The molecule has 1 rings (SSSR count). The lowest BCUT2D eigenvalue weighted by Crippen LogP contribution is -2.07. The van der Waals surface area contributed by atoms with Crippen molar-refractivity contribution in [2.45, 2.75) is 84.0 Å². The summed E-state index contributed by atoms with van der Waals surface area (Å²) in [6, 6.07) is 0. The first-order chi connectivity index (χ1) is 10.4. The van der Waals surface area contributed by atoms with Crippen LogP contribution in [0.5, 0.6) is 0 Å². The van der Waals surface area contributed by atoms with Crippen molar-refractivity contribution in [2.24, 2.45) is 11.8 Å². The summed E-state index contributed by atoms with van der Waals surface area (Å²) in [7, 11) is 0. The quantitative estimate of drug-likeness (QED) is 0.180. The van der Waals surface area contributed by atoms with E-state index in [0.29, 0.717) is 0 Å². The van der Waals surface area contributed by atoms with E-state index in [0.717, 1.165) is 18.1 Å². The highest BCUT2D eigenvalue weighted by atomic mass is 16.1. The minimum absolute atomic E-state index is 0.831. The highest BCUT2D eigenvalue weighted by Crippen LogP contribution is 2.38. The zero-order valence-electron chi connectivity index (χ0n) is 13.9. The van der Waals surface area contributed by atoms with E-state index >= 15 is 0 Å². The standard InChI is InChI=1S/C20H34O/c1-2-3-4-5-7-10-14-19-16-13-17-20(19)15-11-8-6-9-12-18-21/h6,8-9,12,18-20H,2-5,7,10-11,13-17H2,1H3/t19-,20-/m0/s1. The van der Waals surface area contributed by atoms with Gasteiger partial charge in [-0.15, -0.1) is 0 Å². The Morgan fingerprint density at radius 2 is 1.57 bits per heavy atom. The molecule has 0 aromatic heterocycles. The maximum Gasteiger partial charge on any atom is 0.142 e. The molecule has 0 heterocycles. The molecule has 1 aliphatic carbocycles. The summed E-state index contributed by atoms with van der Waals surface area (Å²) in [4.78, 5) is 10.2. The van der Waals surface area contributed by atoms with Crippen molar-refractivity contribution in [3.05, 3.63) is 24.3 Å². The third-order valence-electron chi connectivity index (χ3n) is 4.89. The Balaban J connectivity index is 2.09. The van der Waals surface area contributed by atoms with Gasteiger partial charge >= 0.3 is 0 Å². The van der Waals surface area contributed by atoms with Gasteiger partial charge in [0.25, 0.3) is 0 Å². The third kappa shape index (κ3) is 8.90. The van der Waals surface area contributed by atoms with Gasteiger partial charge in [0, 0.05) is 0 Å². The van der Waals surface area contributed by atoms with Gasteiger partial charge in [0.1, 0.15) is 6.29 Å². The predicted octanol–water partition coefficient (Wildman–Crippen LogP) is 6.24. The minimum Gasteiger partial charge on any atom is -0.299 e. The second-order valence-electron chi connectivity index (χ2n) is 6.53. The molecule has 120 valence electrons.